The first-order chi connectivity index (χ1) is 14.5. The lowest BCUT2D eigenvalue weighted by molar-refractivity contribution is -0.141. The molecule has 0 saturated heterocycles. The van der Waals surface area contributed by atoms with Crippen molar-refractivity contribution in [1.82, 2.24) is 10.2 Å². The van der Waals surface area contributed by atoms with E-state index in [4.69, 9.17) is 4.74 Å². The summed E-state index contributed by atoms with van der Waals surface area (Å²) in [5.41, 5.74) is 1.15. The summed E-state index contributed by atoms with van der Waals surface area (Å²) in [7, 11) is 0. The van der Waals surface area contributed by atoms with Crippen molar-refractivity contribution in [1.29, 1.82) is 0 Å². The molecule has 1 atom stereocenters. The Morgan fingerprint density at radius 1 is 1.00 bits per heavy atom. The summed E-state index contributed by atoms with van der Waals surface area (Å²) in [6.45, 7) is 6.80. The highest BCUT2D eigenvalue weighted by molar-refractivity contribution is 5.87. The van der Waals surface area contributed by atoms with Crippen molar-refractivity contribution < 1.29 is 14.3 Å². The van der Waals surface area contributed by atoms with Crippen LogP contribution in [-0.2, 0) is 16.0 Å². The van der Waals surface area contributed by atoms with Crippen LogP contribution in [0.4, 0.5) is 0 Å². The maximum absolute atomic E-state index is 13.1. The lowest BCUT2D eigenvalue weighted by Gasteiger charge is -2.31. The van der Waals surface area contributed by atoms with Gasteiger partial charge in [0.2, 0.25) is 11.8 Å². The van der Waals surface area contributed by atoms with Crippen molar-refractivity contribution >= 4 is 11.8 Å². The fraction of sp³-hybridized carbons (Fsp3) is 0.440. The van der Waals surface area contributed by atoms with E-state index in [1.54, 1.807) is 4.90 Å². The SMILES string of the molecule is CC[C@H](C(=O)NC(C)C)N(CCc1ccccc1)C(=O)CCCOc1ccccc1. The quantitative estimate of drug-likeness (QED) is 0.533. The van der Waals surface area contributed by atoms with Crippen LogP contribution in [0.25, 0.3) is 0 Å². The second-order valence-corrected chi connectivity index (χ2v) is 7.68. The molecule has 0 heterocycles. The van der Waals surface area contributed by atoms with Gasteiger partial charge in [0.15, 0.2) is 0 Å². The molecule has 2 aromatic rings. The van der Waals surface area contributed by atoms with Crippen LogP contribution in [0.3, 0.4) is 0 Å². The Bertz CT molecular complexity index is 762. The summed E-state index contributed by atoms with van der Waals surface area (Å²) in [5.74, 6) is 0.705. The number of hydrogen-bond donors (Lipinski definition) is 1. The van der Waals surface area contributed by atoms with Gasteiger partial charge in [-0.05, 0) is 50.8 Å². The number of carbonyl (C=O) groups excluding carboxylic acids is 2. The van der Waals surface area contributed by atoms with Crippen LogP contribution in [0.2, 0.25) is 0 Å². The van der Waals surface area contributed by atoms with Crippen molar-refractivity contribution in [2.24, 2.45) is 0 Å². The molecule has 2 rings (SSSR count). The van der Waals surface area contributed by atoms with Crippen molar-refractivity contribution in [3.8, 4) is 5.75 Å². The Morgan fingerprint density at radius 3 is 2.23 bits per heavy atom. The zero-order chi connectivity index (χ0) is 21.8. The molecule has 0 unspecified atom stereocenters. The number of ether oxygens (including phenoxy) is 1. The third-order valence-electron chi connectivity index (χ3n) is 4.85. The molecule has 1 N–H and O–H groups in total. The summed E-state index contributed by atoms with van der Waals surface area (Å²) in [6, 6.07) is 19.2. The molecule has 0 spiro atoms. The highest BCUT2D eigenvalue weighted by Crippen LogP contribution is 2.13. The first-order valence-electron chi connectivity index (χ1n) is 10.8. The smallest absolute Gasteiger partial charge is 0.242 e. The van der Waals surface area contributed by atoms with Crippen molar-refractivity contribution in [3.05, 3.63) is 66.2 Å². The van der Waals surface area contributed by atoms with Crippen molar-refractivity contribution in [2.45, 2.75) is 58.5 Å². The minimum atomic E-state index is -0.460. The average molecular weight is 411 g/mol. The number of nitrogens with one attached hydrogen (secondary N) is 1. The standard InChI is InChI=1S/C25H34N2O3/c1-4-23(25(29)26-20(2)3)27(18-17-21-12-7-5-8-13-21)24(28)16-11-19-30-22-14-9-6-10-15-22/h5-10,12-15,20,23H,4,11,16-19H2,1-3H3,(H,26,29)/t23-/m1/s1. The van der Waals surface area contributed by atoms with Gasteiger partial charge >= 0.3 is 0 Å². The average Bonchev–Trinajstić information content (AvgIpc) is 2.75. The predicted octanol–water partition coefficient (Wildman–Crippen LogP) is 4.22. The van der Waals surface area contributed by atoms with E-state index in [2.05, 4.69) is 5.32 Å². The largest absolute Gasteiger partial charge is 0.494 e. The first kappa shape index (κ1) is 23.5. The Hall–Kier alpha value is -2.82. The second kappa shape index (κ2) is 12.7. The Balaban J connectivity index is 1.98. The van der Waals surface area contributed by atoms with Gasteiger partial charge in [0.25, 0.3) is 0 Å². The molecular weight excluding hydrogens is 376 g/mol. The van der Waals surface area contributed by atoms with E-state index in [9.17, 15) is 9.59 Å². The Kier molecular flexibility index (Phi) is 9.92. The first-order valence-corrected chi connectivity index (χ1v) is 10.8. The topological polar surface area (TPSA) is 58.6 Å². The van der Waals surface area contributed by atoms with Gasteiger partial charge in [-0.2, -0.15) is 0 Å². The van der Waals surface area contributed by atoms with E-state index in [-0.39, 0.29) is 17.9 Å². The summed E-state index contributed by atoms with van der Waals surface area (Å²) >= 11 is 0. The third kappa shape index (κ3) is 7.90. The van der Waals surface area contributed by atoms with Gasteiger partial charge in [-0.3, -0.25) is 9.59 Å². The molecule has 0 aliphatic rings. The molecule has 2 aromatic carbocycles. The maximum atomic E-state index is 13.1. The third-order valence-corrected chi connectivity index (χ3v) is 4.85. The molecule has 2 amide bonds. The van der Waals surface area contributed by atoms with Crippen LogP contribution in [-0.4, -0.2) is 41.9 Å². The van der Waals surface area contributed by atoms with Crippen LogP contribution in [0.5, 0.6) is 5.75 Å². The van der Waals surface area contributed by atoms with E-state index >= 15 is 0 Å². The van der Waals surface area contributed by atoms with Crippen LogP contribution < -0.4 is 10.1 Å². The van der Waals surface area contributed by atoms with E-state index in [1.165, 1.54) is 0 Å². The summed E-state index contributed by atoms with van der Waals surface area (Å²) < 4.78 is 5.70. The highest BCUT2D eigenvalue weighted by atomic mass is 16.5. The Morgan fingerprint density at radius 2 is 1.63 bits per heavy atom. The number of hydrogen-bond acceptors (Lipinski definition) is 3. The van der Waals surface area contributed by atoms with E-state index in [0.717, 1.165) is 17.7 Å². The second-order valence-electron chi connectivity index (χ2n) is 7.68. The minimum Gasteiger partial charge on any atom is -0.494 e. The van der Waals surface area contributed by atoms with E-state index < -0.39 is 6.04 Å². The van der Waals surface area contributed by atoms with Gasteiger partial charge in [0.1, 0.15) is 11.8 Å². The van der Waals surface area contributed by atoms with Gasteiger partial charge in [-0.15, -0.1) is 0 Å². The van der Waals surface area contributed by atoms with Crippen LogP contribution in [0, 0.1) is 0 Å². The van der Waals surface area contributed by atoms with Crippen molar-refractivity contribution in [3.63, 3.8) is 0 Å². The zero-order valence-corrected chi connectivity index (χ0v) is 18.3. The normalized spacial score (nSPS) is 11.7. The molecule has 5 heteroatoms. The molecule has 0 aliphatic carbocycles. The Labute approximate surface area is 180 Å². The summed E-state index contributed by atoms with van der Waals surface area (Å²) in [5, 5.41) is 2.96. The molecule has 5 nitrogen and oxygen atoms in total. The lowest BCUT2D eigenvalue weighted by Crippen LogP contribution is -2.51. The summed E-state index contributed by atoms with van der Waals surface area (Å²) in [6.07, 6.45) is 2.27. The number of carbonyl (C=O) groups is 2. The molecule has 0 fully saturated rings. The molecule has 0 aromatic heterocycles. The van der Waals surface area contributed by atoms with Gasteiger partial charge in [0, 0.05) is 19.0 Å². The van der Waals surface area contributed by atoms with Crippen LogP contribution in [0.15, 0.2) is 60.7 Å². The molecule has 30 heavy (non-hydrogen) atoms. The number of para-hydroxylation sites is 1. The van der Waals surface area contributed by atoms with Gasteiger partial charge < -0.3 is 15.0 Å². The monoisotopic (exact) mass is 410 g/mol. The summed E-state index contributed by atoms with van der Waals surface area (Å²) in [4.78, 5) is 27.5. The predicted molar refractivity (Wildman–Crippen MR) is 120 cm³/mol. The molecule has 162 valence electrons. The lowest BCUT2D eigenvalue weighted by atomic mass is 10.1. The number of nitrogens with zero attached hydrogens (tertiary/aromatic N) is 1. The minimum absolute atomic E-state index is 0.00616. The molecule has 0 bridgehead atoms. The molecule has 0 radical (unpaired) electrons. The maximum Gasteiger partial charge on any atom is 0.242 e. The number of amides is 2. The van der Waals surface area contributed by atoms with Gasteiger partial charge in [0.05, 0.1) is 6.61 Å². The fourth-order valence-electron chi connectivity index (χ4n) is 3.35. The van der Waals surface area contributed by atoms with Crippen LogP contribution >= 0.6 is 0 Å². The molecule has 0 aliphatic heterocycles. The van der Waals surface area contributed by atoms with Crippen molar-refractivity contribution in [2.75, 3.05) is 13.2 Å². The highest BCUT2D eigenvalue weighted by Gasteiger charge is 2.28. The fourth-order valence-corrected chi connectivity index (χ4v) is 3.35. The van der Waals surface area contributed by atoms with E-state index in [0.29, 0.717) is 32.4 Å². The van der Waals surface area contributed by atoms with Gasteiger partial charge in [-0.25, -0.2) is 0 Å². The van der Waals surface area contributed by atoms with E-state index in [1.807, 2.05) is 81.4 Å². The zero-order valence-electron chi connectivity index (χ0n) is 18.3. The number of rotatable bonds is 12. The van der Waals surface area contributed by atoms with Gasteiger partial charge in [-0.1, -0.05) is 55.5 Å². The van der Waals surface area contributed by atoms with Crippen LogP contribution in [0.1, 0.15) is 45.6 Å². The molecule has 0 saturated carbocycles. The molecular formula is C25H34N2O3. The number of benzene rings is 2.